The second-order valence-corrected chi connectivity index (χ2v) is 6.51. The van der Waals surface area contributed by atoms with E-state index in [0.29, 0.717) is 11.5 Å². The Kier molecular flexibility index (Phi) is 4.38. The number of aryl methyl sites for hydroxylation is 2. The number of nitrogens with one attached hydrogen (secondary N) is 1. The molecule has 1 N–H and O–H groups in total. The highest BCUT2D eigenvalue weighted by molar-refractivity contribution is 5.98. The minimum atomic E-state index is -0.174. The van der Waals surface area contributed by atoms with E-state index in [9.17, 15) is 4.79 Å². The van der Waals surface area contributed by atoms with Crippen molar-refractivity contribution in [3.8, 4) is 0 Å². The average Bonchev–Trinajstić information content (AvgIpc) is 3.09. The van der Waals surface area contributed by atoms with Crippen LogP contribution in [0, 0.1) is 12.8 Å². The van der Waals surface area contributed by atoms with E-state index in [4.69, 9.17) is 4.42 Å². The fourth-order valence-corrected chi connectivity index (χ4v) is 2.88. The summed E-state index contributed by atoms with van der Waals surface area (Å²) in [6, 6.07) is 7.22. The number of furan rings is 1. The quantitative estimate of drug-likeness (QED) is 0.780. The second-order valence-electron chi connectivity index (χ2n) is 6.51. The summed E-state index contributed by atoms with van der Waals surface area (Å²) >= 11 is 0. The first-order chi connectivity index (χ1) is 11.4. The highest BCUT2D eigenvalue weighted by atomic mass is 16.3. The lowest BCUT2D eigenvalue weighted by Crippen LogP contribution is -2.31. The summed E-state index contributed by atoms with van der Waals surface area (Å²) in [6.45, 7) is 6.14. The first-order valence-corrected chi connectivity index (χ1v) is 8.09. The molecular formula is C18H22N4O2. The molecule has 3 rings (SSSR count). The lowest BCUT2D eigenvalue weighted by molar-refractivity contribution is 0.0929. The third kappa shape index (κ3) is 3.32. The van der Waals surface area contributed by atoms with E-state index in [-0.39, 0.29) is 11.9 Å². The van der Waals surface area contributed by atoms with Crippen molar-refractivity contribution >= 4 is 16.9 Å². The van der Waals surface area contributed by atoms with Gasteiger partial charge in [0.1, 0.15) is 23.5 Å². The zero-order valence-electron chi connectivity index (χ0n) is 14.4. The Bertz CT molecular complexity index is 863. The van der Waals surface area contributed by atoms with Crippen molar-refractivity contribution in [1.82, 2.24) is 20.1 Å². The van der Waals surface area contributed by atoms with Crippen molar-refractivity contribution < 1.29 is 9.21 Å². The SMILES string of the molecule is Cc1cc2cc(C(=O)N[C@@H](CC(C)C)c3ncnn3C)ccc2o1. The van der Waals surface area contributed by atoms with Gasteiger partial charge in [-0.15, -0.1) is 0 Å². The number of fused-ring (bicyclic) bond motifs is 1. The molecule has 2 heterocycles. The van der Waals surface area contributed by atoms with Gasteiger partial charge in [0.05, 0.1) is 6.04 Å². The average molecular weight is 326 g/mol. The van der Waals surface area contributed by atoms with Crippen LogP contribution < -0.4 is 5.32 Å². The first kappa shape index (κ1) is 16.2. The molecule has 0 saturated heterocycles. The molecular weight excluding hydrogens is 304 g/mol. The van der Waals surface area contributed by atoms with E-state index in [0.717, 1.165) is 29.0 Å². The highest BCUT2D eigenvalue weighted by Crippen LogP contribution is 2.22. The fourth-order valence-electron chi connectivity index (χ4n) is 2.88. The van der Waals surface area contributed by atoms with Crippen molar-refractivity contribution in [2.24, 2.45) is 13.0 Å². The second kappa shape index (κ2) is 6.47. The highest BCUT2D eigenvalue weighted by Gasteiger charge is 2.21. The number of benzene rings is 1. The number of rotatable bonds is 5. The monoisotopic (exact) mass is 326 g/mol. The van der Waals surface area contributed by atoms with Gasteiger partial charge >= 0.3 is 0 Å². The standard InChI is InChI=1S/C18H22N4O2/c1-11(2)7-15(17-19-10-20-22(17)4)21-18(23)13-5-6-16-14(9-13)8-12(3)24-16/h5-6,8-11,15H,7H2,1-4H3,(H,21,23)/t15-/m0/s1. The Morgan fingerprint density at radius 3 is 2.79 bits per heavy atom. The minimum Gasteiger partial charge on any atom is -0.461 e. The van der Waals surface area contributed by atoms with Crippen molar-refractivity contribution in [1.29, 1.82) is 0 Å². The van der Waals surface area contributed by atoms with Gasteiger partial charge in [0.25, 0.3) is 5.91 Å². The molecule has 1 aromatic carbocycles. The van der Waals surface area contributed by atoms with Crippen molar-refractivity contribution in [2.75, 3.05) is 0 Å². The van der Waals surface area contributed by atoms with Gasteiger partial charge in [0.2, 0.25) is 0 Å². The molecule has 0 unspecified atom stereocenters. The molecule has 1 amide bonds. The van der Waals surface area contributed by atoms with Crippen LogP contribution in [0.25, 0.3) is 11.0 Å². The molecule has 0 saturated carbocycles. The van der Waals surface area contributed by atoms with Crippen molar-refractivity contribution in [3.63, 3.8) is 0 Å². The van der Waals surface area contributed by atoms with Crippen LogP contribution in [0.5, 0.6) is 0 Å². The number of carbonyl (C=O) groups is 1. The number of nitrogens with zero attached hydrogens (tertiary/aromatic N) is 3. The number of hydrogen-bond donors (Lipinski definition) is 1. The van der Waals surface area contributed by atoms with Crippen molar-refractivity contribution in [3.05, 3.63) is 47.7 Å². The topological polar surface area (TPSA) is 73.0 Å². The summed E-state index contributed by atoms with van der Waals surface area (Å²) in [5, 5.41) is 8.13. The molecule has 0 aliphatic heterocycles. The van der Waals surface area contributed by atoms with Crippen LogP contribution in [0.1, 0.15) is 48.3 Å². The van der Waals surface area contributed by atoms with Gasteiger partial charge in [-0.1, -0.05) is 13.8 Å². The molecule has 6 nitrogen and oxygen atoms in total. The van der Waals surface area contributed by atoms with Gasteiger partial charge < -0.3 is 9.73 Å². The maximum atomic E-state index is 12.7. The predicted molar refractivity (Wildman–Crippen MR) is 91.6 cm³/mol. The van der Waals surface area contributed by atoms with E-state index >= 15 is 0 Å². The Balaban J connectivity index is 1.85. The molecule has 0 aliphatic carbocycles. The molecule has 6 heteroatoms. The molecule has 3 aromatic rings. The van der Waals surface area contributed by atoms with Gasteiger partial charge in [-0.25, -0.2) is 4.98 Å². The van der Waals surface area contributed by atoms with E-state index in [1.54, 1.807) is 10.7 Å². The van der Waals surface area contributed by atoms with Crippen LogP contribution in [-0.2, 0) is 7.05 Å². The third-order valence-corrected chi connectivity index (χ3v) is 3.97. The smallest absolute Gasteiger partial charge is 0.251 e. The molecule has 0 bridgehead atoms. The Morgan fingerprint density at radius 2 is 2.12 bits per heavy atom. The lowest BCUT2D eigenvalue weighted by atomic mass is 10.0. The fraction of sp³-hybridized carbons (Fsp3) is 0.389. The van der Waals surface area contributed by atoms with Gasteiger partial charge in [-0.3, -0.25) is 9.48 Å². The number of carbonyl (C=O) groups excluding carboxylic acids is 1. The maximum Gasteiger partial charge on any atom is 0.251 e. The van der Waals surface area contributed by atoms with Crippen LogP contribution in [0.3, 0.4) is 0 Å². The summed E-state index contributed by atoms with van der Waals surface area (Å²) < 4.78 is 7.26. The van der Waals surface area contributed by atoms with E-state index in [1.165, 1.54) is 6.33 Å². The molecule has 1 atom stereocenters. The van der Waals surface area contributed by atoms with Gasteiger partial charge in [-0.2, -0.15) is 5.10 Å². The number of amides is 1. The third-order valence-electron chi connectivity index (χ3n) is 3.97. The molecule has 126 valence electrons. The molecule has 0 spiro atoms. The molecule has 24 heavy (non-hydrogen) atoms. The van der Waals surface area contributed by atoms with Crippen LogP contribution >= 0.6 is 0 Å². The van der Waals surface area contributed by atoms with Crippen LogP contribution in [0.4, 0.5) is 0 Å². The zero-order valence-corrected chi connectivity index (χ0v) is 14.4. The summed E-state index contributed by atoms with van der Waals surface area (Å²) in [5.74, 6) is 1.90. The Labute approximate surface area is 140 Å². The number of hydrogen-bond acceptors (Lipinski definition) is 4. The molecule has 2 aromatic heterocycles. The zero-order chi connectivity index (χ0) is 17.3. The number of aromatic nitrogens is 3. The normalized spacial score (nSPS) is 12.7. The molecule has 0 fully saturated rings. The van der Waals surface area contributed by atoms with Crippen LogP contribution in [0.15, 0.2) is 35.0 Å². The maximum absolute atomic E-state index is 12.7. The Hall–Kier alpha value is -2.63. The lowest BCUT2D eigenvalue weighted by Gasteiger charge is -2.19. The van der Waals surface area contributed by atoms with Crippen LogP contribution in [-0.4, -0.2) is 20.7 Å². The first-order valence-electron chi connectivity index (χ1n) is 8.09. The minimum absolute atomic E-state index is 0.121. The van der Waals surface area contributed by atoms with Crippen LogP contribution in [0.2, 0.25) is 0 Å². The van der Waals surface area contributed by atoms with E-state index < -0.39 is 0 Å². The van der Waals surface area contributed by atoms with E-state index in [2.05, 4.69) is 29.2 Å². The summed E-state index contributed by atoms with van der Waals surface area (Å²) in [4.78, 5) is 17.0. The van der Waals surface area contributed by atoms with Gasteiger partial charge in [0.15, 0.2) is 0 Å². The molecule has 0 aliphatic rings. The van der Waals surface area contributed by atoms with Gasteiger partial charge in [0, 0.05) is 18.0 Å². The van der Waals surface area contributed by atoms with Gasteiger partial charge in [-0.05, 0) is 43.5 Å². The summed E-state index contributed by atoms with van der Waals surface area (Å²) in [5.41, 5.74) is 1.40. The van der Waals surface area contributed by atoms with Crippen molar-refractivity contribution in [2.45, 2.75) is 33.2 Å². The Morgan fingerprint density at radius 1 is 1.33 bits per heavy atom. The summed E-state index contributed by atoms with van der Waals surface area (Å²) in [7, 11) is 1.84. The summed E-state index contributed by atoms with van der Waals surface area (Å²) in [6.07, 6.45) is 2.31. The predicted octanol–water partition coefficient (Wildman–Crippen LogP) is 3.39. The molecule has 0 radical (unpaired) electrons. The van der Waals surface area contributed by atoms with E-state index in [1.807, 2.05) is 32.2 Å². The largest absolute Gasteiger partial charge is 0.461 e.